The summed E-state index contributed by atoms with van der Waals surface area (Å²) in [5.41, 5.74) is -0.350. The molecule has 0 heterocycles. The maximum Gasteiger partial charge on any atom is 0.416 e. The number of halogens is 3. The van der Waals surface area contributed by atoms with Gasteiger partial charge >= 0.3 is 12.1 Å². The lowest BCUT2D eigenvalue weighted by Gasteiger charge is -2.11. The lowest BCUT2D eigenvalue weighted by molar-refractivity contribution is -0.825. The number of benzene rings is 1. The van der Waals surface area contributed by atoms with Gasteiger partial charge in [0.25, 0.3) is 0 Å². The van der Waals surface area contributed by atoms with Gasteiger partial charge in [0, 0.05) is 18.6 Å². The van der Waals surface area contributed by atoms with Crippen molar-refractivity contribution in [1.29, 1.82) is 0 Å². The molecule has 1 aromatic rings. The predicted molar refractivity (Wildman–Crippen MR) is 66.2 cm³/mol. The van der Waals surface area contributed by atoms with Gasteiger partial charge in [-0.1, -0.05) is 0 Å². The van der Waals surface area contributed by atoms with E-state index in [9.17, 15) is 18.0 Å². The van der Waals surface area contributed by atoms with Crippen LogP contribution >= 0.6 is 0 Å². The monoisotopic (exact) mass is 308 g/mol. The Labute approximate surface area is 119 Å². The van der Waals surface area contributed by atoms with Crippen molar-refractivity contribution in [3.63, 3.8) is 0 Å². The molecule has 0 amide bonds. The van der Waals surface area contributed by atoms with E-state index in [4.69, 9.17) is 14.7 Å². The van der Waals surface area contributed by atoms with Gasteiger partial charge < -0.3 is 9.47 Å². The van der Waals surface area contributed by atoms with E-state index < -0.39 is 11.7 Å². The van der Waals surface area contributed by atoms with Crippen molar-refractivity contribution in [2.75, 3.05) is 13.2 Å². The van der Waals surface area contributed by atoms with Crippen LogP contribution in [0.2, 0.25) is 0 Å². The molecule has 8 heteroatoms. The highest BCUT2D eigenvalue weighted by atomic mass is 19.4. The van der Waals surface area contributed by atoms with Crippen LogP contribution < -0.4 is 10.2 Å². The molecule has 1 rings (SSSR count). The number of hydrogen-bond acceptors (Lipinski definition) is 4. The molecule has 0 unspecified atom stereocenters. The lowest BCUT2D eigenvalue weighted by Crippen LogP contribution is -2.73. The highest BCUT2D eigenvalue weighted by Crippen LogP contribution is 2.33. The number of ether oxygens (including phenoxy) is 2. The van der Waals surface area contributed by atoms with E-state index in [0.717, 1.165) is 12.1 Å². The van der Waals surface area contributed by atoms with Gasteiger partial charge in [0.1, 0.15) is 5.75 Å². The molecule has 0 bridgehead atoms. The summed E-state index contributed by atoms with van der Waals surface area (Å²) in [5, 5.41) is 8.85. The van der Waals surface area contributed by atoms with Crippen LogP contribution in [0.1, 0.15) is 25.3 Å². The van der Waals surface area contributed by atoms with Gasteiger partial charge in [0.15, 0.2) is 5.69 Å². The molecule has 0 aliphatic carbocycles. The summed E-state index contributed by atoms with van der Waals surface area (Å²) >= 11 is 0. The SMILES string of the molecule is CCOC(=O)CCCOc1cc([NH2+]O)cc(C(F)(F)F)c1. The molecule has 5 nitrogen and oxygen atoms in total. The van der Waals surface area contributed by atoms with E-state index in [1.807, 2.05) is 0 Å². The third-order valence-corrected chi connectivity index (χ3v) is 2.50. The van der Waals surface area contributed by atoms with Gasteiger partial charge in [-0.05, 0) is 19.4 Å². The number of esters is 1. The molecule has 0 spiro atoms. The zero-order valence-electron chi connectivity index (χ0n) is 11.4. The molecule has 0 radical (unpaired) electrons. The second-order valence-electron chi connectivity index (χ2n) is 4.17. The van der Waals surface area contributed by atoms with Crippen molar-refractivity contribution in [1.82, 2.24) is 0 Å². The minimum Gasteiger partial charge on any atom is -0.493 e. The number of alkyl halides is 3. The summed E-state index contributed by atoms with van der Waals surface area (Å²) in [4.78, 5) is 11.1. The quantitative estimate of drug-likeness (QED) is 0.350. The smallest absolute Gasteiger partial charge is 0.416 e. The first-order chi connectivity index (χ1) is 9.86. The van der Waals surface area contributed by atoms with Crippen LogP contribution in [0, 0.1) is 0 Å². The van der Waals surface area contributed by atoms with Crippen molar-refractivity contribution in [3.05, 3.63) is 23.8 Å². The normalized spacial score (nSPS) is 11.3. The zero-order chi connectivity index (χ0) is 15.9. The summed E-state index contributed by atoms with van der Waals surface area (Å²) in [6, 6.07) is 2.93. The van der Waals surface area contributed by atoms with Gasteiger partial charge in [-0.15, -0.1) is 0 Å². The Morgan fingerprint density at radius 3 is 2.62 bits per heavy atom. The third kappa shape index (κ3) is 6.01. The topological polar surface area (TPSA) is 72.4 Å². The fourth-order valence-electron chi connectivity index (χ4n) is 1.58. The highest BCUT2D eigenvalue weighted by molar-refractivity contribution is 5.69. The maximum atomic E-state index is 12.7. The summed E-state index contributed by atoms with van der Waals surface area (Å²) in [6.45, 7) is 2.04. The molecule has 0 aliphatic heterocycles. The number of nitrogens with two attached hydrogens (primary N) is 1. The van der Waals surface area contributed by atoms with E-state index in [1.165, 1.54) is 6.07 Å². The molecule has 3 N–H and O–H groups in total. The minimum absolute atomic E-state index is 0.00906. The molecule has 0 saturated heterocycles. The summed E-state index contributed by atoms with van der Waals surface area (Å²) < 4.78 is 47.8. The molecule has 0 aliphatic rings. The molecule has 21 heavy (non-hydrogen) atoms. The fraction of sp³-hybridized carbons (Fsp3) is 0.462. The Morgan fingerprint density at radius 2 is 2.05 bits per heavy atom. The van der Waals surface area contributed by atoms with E-state index in [-0.39, 0.29) is 37.0 Å². The molecule has 0 saturated carbocycles. The minimum atomic E-state index is -4.53. The van der Waals surface area contributed by atoms with Crippen molar-refractivity contribution in [2.45, 2.75) is 25.9 Å². The Balaban J connectivity index is 2.60. The highest BCUT2D eigenvalue weighted by Gasteiger charge is 2.32. The maximum absolute atomic E-state index is 12.7. The third-order valence-electron chi connectivity index (χ3n) is 2.50. The van der Waals surface area contributed by atoms with Crippen LogP contribution in [0.15, 0.2) is 18.2 Å². The first-order valence-electron chi connectivity index (χ1n) is 6.35. The number of quaternary nitrogens is 1. The first kappa shape index (κ1) is 17.3. The van der Waals surface area contributed by atoms with Crippen molar-refractivity contribution >= 4 is 11.7 Å². The van der Waals surface area contributed by atoms with Gasteiger partial charge in [-0.25, -0.2) is 5.21 Å². The van der Waals surface area contributed by atoms with Crippen molar-refractivity contribution in [3.8, 4) is 5.75 Å². The Kier molecular flexibility index (Phi) is 6.44. The second-order valence-corrected chi connectivity index (χ2v) is 4.17. The van der Waals surface area contributed by atoms with Crippen molar-refractivity contribution < 1.29 is 38.1 Å². The summed E-state index contributed by atoms with van der Waals surface area (Å²) in [5.74, 6) is -0.400. The number of carbonyl (C=O) groups is 1. The predicted octanol–water partition coefficient (Wildman–Crippen LogP) is 2.01. The Morgan fingerprint density at radius 1 is 1.33 bits per heavy atom. The van der Waals surface area contributed by atoms with Crippen molar-refractivity contribution in [2.24, 2.45) is 0 Å². The molecule has 1 aromatic carbocycles. The molecular formula is C13H17F3NO4+. The summed E-state index contributed by atoms with van der Waals surface area (Å²) in [7, 11) is 0. The van der Waals surface area contributed by atoms with E-state index in [0.29, 0.717) is 11.9 Å². The standard InChI is InChI=1S/C13H16F3NO4/c1-2-20-12(18)4-3-5-21-11-7-9(13(14,15)16)6-10(8-11)17-19/h6-8,17,19H,2-5H2,1H3/p+1. The number of rotatable bonds is 7. The number of carbonyl (C=O) groups excluding carboxylic acids is 1. The average Bonchev–Trinajstić information content (AvgIpc) is 2.42. The molecule has 0 fully saturated rings. The summed E-state index contributed by atoms with van der Waals surface area (Å²) in [6.07, 6.45) is -4.07. The number of hydrogen-bond donors (Lipinski definition) is 2. The Hall–Kier alpha value is -1.80. The largest absolute Gasteiger partial charge is 0.493 e. The van der Waals surface area contributed by atoms with Crippen LogP contribution in [-0.4, -0.2) is 24.4 Å². The van der Waals surface area contributed by atoms with Gasteiger partial charge in [-0.2, -0.15) is 18.7 Å². The first-order valence-corrected chi connectivity index (χ1v) is 6.35. The van der Waals surface area contributed by atoms with E-state index in [2.05, 4.69) is 0 Å². The molecule has 118 valence electrons. The fourth-order valence-corrected chi connectivity index (χ4v) is 1.58. The Bertz CT molecular complexity index is 477. The zero-order valence-corrected chi connectivity index (χ0v) is 11.4. The van der Waals surface area contributed by atoms with Crippen LogP contribution in [-0.2, 0) is 15.7 Å². The molecular weight excluding hydrogens is 291 g/mol. The van der Waals surface area contributed by atoms with Gasteiger partial charge in [0.2, 0.25) is 0 Å². The molecule has 0 aromatic heterocycles. The van der Waals surface area contributed by atoms with Crippen LogP contribution in [0.5, 0.6) is 5.75 Å². The lowest BCUT2D eigenvalue weighted by atomic mass is 10.2. The average molecular weight is 308 g/mol. The van der Waals surface area contributed by atoms with Crippen LogP contribution in [0.25, 0.3) is 0 Å². The molecule has 0 atom stereocenters. The van der Waals surface area contributed by atoms with Crippen LogP contribution in [0.3, 0.4) is 0 Å². The second kappa shape index (κ2) is 7.84. The van der Waals surface area contributed by atoms with Gasteiger partial charge in [0.05, 0.1) is 18.8 Å². The van der Waals surface area contributed by atoms with Gasteiger partial charge in [-0.3, -0.25) is 4.79 Å². The van der Waals surface area contributed by atoms with E-state index >= 15 is 0 Å². The van der Waals surface area contributed by atoms with E-state index in [1.54, 1.807) is 6.92 Å². The van der Waals surface area contributed by atoms with Crippen LogP contribution in [0.4, 0.5) is 18.9 Å².